The van der Waals surface area contributed by atoms with Gasteiger partial charge in [0.05, 0.1) is 12.3 Å². The highest BCUT2D eigenvalue weighted by Gasteiger charge is 2.21. The minimum absolute atomic E-state index is 0.626. The van der Waals surface area contributed by atoms with E-state index in [0.717, 1.165) is 55.3 Å². The van der Waals surface area contributed by atoms with E-state index in [1.807, 2.05) is 13.0 Å². The lowest BCUT2D eigenvalue weighted by Gasteiger charge is -2.33. The Labute approximate surface area is 136 Å². The molecule has 22 heavy (non-hydrogen) atoms. The molecule has 7 heteroatoms. The maximum absolute atomic E-state index is 5.70. The number of hydrogen-bond acceptors (Lipinski definition) is 5. The molecule has 0 bridgehead atoms. The van der Waals surface area contributed by atoms with Crippen LogP contribution in [0, 0.1) is 6.92 Å². The summed E-state index contributed by atoms with van der Waals surface area (Å²) < 4.78 is 5.70. The Balaban J connectivity index is 1.69. The number of fused-ring (bicyclic) bond motifs is 1. The van der Waals surface area contributed by atoms with Crippen LogP contribution in [0.1, 0.15) is 17.7 Å². The van der Waals surface area contributed by atoms with Crippen molar-refractivity contribution in [2.45, 2.75) is 13.3 Å². The number of rotatable bonds is 1. The maximum atomic E-state index is 5.70. The summed E-state index contributed by atoms with van der Waals surface area (Å²) in [7, 11) is 2.13. The van der Waals surface area contributed by atoms with E-state index in [0.29, 0.717) is 11.7 Å². The van der Waals surface area contributed by atoms with Crippen molar-refractivity contribution in [1.82, 2.24) is 20.2 Å². The van der Waals surface area contributed by atoms with E-state index in [9.17, 15) is 0 Å². The summed E-state index contributed by atoms with van der Waals surface area (Å²) in [5, 5.41) is 5.17. The van der Waals surface area contributed by atoms with Gasteiger partial charge in [-0.3, -0.25) is 10.4 Å². The van der Waals surface area contributed by atoms with Crippen molar-refractivity contribution in [3.05, 3.63) is 23.5 Å². The first kappa shape index (κ1) is 15.2. The number of hydrogen-bond donors (Lipinski definition) is 1. The van der Waals surface area contributed by atoms with Gasteiger partial charge < -0.3 is 14.5 Å². The molecular weight excluding hydrogens is 298 g/mol. The first-order valence-corrected chi connectivity index (χ1v) is 7.95. The predicted octanol–water partition coefficient (Wildman–Crippen LogP) is 0.999. The third-order valence-corrected chi connectivity index (χ3v) is 4.39. The SMILES string of the molecule is Cc1ccnc2c1OCC/C2=N/NC(=S)N1CCN(C)CC1. The zero-order valence-electron chi connectivity index (χ0n) is 13.0. The summed E-state index contributed by atoms with van der Waals surface area (Å²) >= 11 is 5.44. The van der Waals surface area contributed by atoms with Crippen LogP contribution < -0.4 is 10.2 Å². The minimum Gasteiger partial charge on any atom is -0.491 e. The van der Waals surface area contributed by atoms with Crippen molar-refractivity contribution in [2.75, 3.05) is 39.8 Å². The van der Waals surface area contributed by atoms with E-state index in [1.165, 1.54) is 0 Å². The summed E-state index contributed by atoms with van der Waals surface area (Å²) in [5.74, 6) is 0.833. The standard InChI is InChI=1S/C15H21N5OS/c1-11-3-5-16-13-12(4-10-21-14(11)13)17-18-15(22)20-8-6-19(2)7-9-20/h3,5H,4,6-10H2,1-2H3,(H,18,22)/b17-12-. The van der Waals surface area contributed by atoms with Crippen molar-refractivity contribution < 1.29 is 4.74 Å². The lowest BCUT2D eigenvalue weighted by atomic mass is 10.1. The molecule has 1 aromatic rings. The van der Waals surface area contributed by atoms with E-state index < -0.39 is 0 Å². The van der Waals surface area contributed by atoms with Crippen molar-refractivity contribution in [3.8, 4) is 5.75 Å². The topological polar surface area (TPSA) is 53.0 Å². The van der Waals surface area contributed by atoms with Crippen LogP contribution in [0.3, 0.4) is 0 Å². The van der Waals surface area contributed by atoms with E-state index in [-0.39, 0.29) is 0 Å². The molecule has 1 fully saturated rings. The molecule has 6 nitrogen and oxygen atoms in total. The van der Waals surface area contributed by atoms with Crippen molar-refractivity contribution in [3.63, 3.8) is 0 Å². The smallest absolute Gasteiger partial charge is 0.189 e. The molecule has 0 radical (unpaired) electrons. The van der Waals surface area contributed by atoms with Gasteiger partial charge in [0.1, 0.15) is 11.4 Å². The summed E-state index contributed by atoms with van der Waals surface area (Å²) in [6.45, 7) is 6.56. The van der Waals surface area contributed by atoms with Gasteiger partial charge in [-0.25, -0.2) is 0 Å². The van der Waals surface area contributed by atoms with Gasteiger partial charge in [-0.2, -0.15) is 5.10 Å². The fourth-order valence-corrected chi connectivity index (χ4v) is 2.83. The number of piperazine rings is 1. The Kier molecular flexibility index (Phi) is 4.54. The van der Waals surface area contributed by atoms with Gasteiger partial charge in [-0.15, -0.1) is 0 Å². The van der Waals surface area contributed by atoms with Crippen molar-refractivity contribution >= 4 is 23.0 Å². The molecule has 118 valence electrons. The van der Waals surface area contributed by atoms with E-state index >= 15 is 0 Å². The van der Waals surface area contributed by atoms with Gasteiger partial charge in [0.25, 0.3) is 0 Å². The Hall–Kier alpha value is -1.73. The second-order valence-electron chi connectivity index (χ2n) is 5.67. The number of nitrogens with zero attached hydrogens (tertiary/aromatic N) is 4. The van der Waals surface area contributed by atoms with Crippen LogP contribution in [0.15, 0.2) is 17.4 Å². The summed E-state index contributed by atoms with van der Waals surface area (Å²) in [6, 6.07) is 1.95. The van der Waals surface area contributed by atoms with Crippen LogP contribution in [0.2, 0.25) is 0 Å². The number of ether oxygens (including phenoxy) is 1. The van der Waals surface area contributed by atoms with Crippen LogP contribution >= 0.6 is 12.2 Å². The first-order chi connectivity index (χ1) is 10.6. The van der Waals surface area contributed by atoms with Crippen molar-refractivity contribution in [2.24, 2.45) is 5.10 Å². The average molecular weight is 319 g/mol. The average Bonchev–Trinajstić information content (AvgIpc) is 2.54. The molecule has 2 aliphatic heterocycles. The number of aromatic nitrogens is 1. The molecule has 0 atom stereocenters. The van der Waals surface area contributed by atoms with Gasteiger partial charge in [0.15, 0.2) is 5.11 Å². The molecule has 1 aromatic heterocycles. The van der Waals surface area contributed by atoms with Gasteiger partial charge in [-0.1, -0.05) is 0 Å². The third-order valence-electron chi connectivity index (χ3n) is 4.04. The number of pyridine rings is 1. The highest BCUT2D eigenvalue weighted by Crippen LogP contribution is 2.26. The second kappa shape index (κ2) is 6.58. The zero-order chi connectivity index (χ0) is 15.5. The molecule has 0 saturated carbocycles. The minimum atomic E-state index is 0.626. The number of aryl methyl sites for hydroxylation is 1. The molecule has 2 aliphatic rings. The van der Waals surface area contributed by atoms with Crippen LogP contribution in [0.4, 0.5) is 0 Å². The van der Waals surface area contributed by atoms with Gasteiger partial charge in [0.2, 0.25) is 0 Å². The molecule has 0 spiro atoms. The Morgan fingerprint density at radius 2 is 2.14 bits per heavy atom. The third kappa shape index (κ3) is 3.20. The van der Waals surface area contributed by atoms with Gasteiger partial charge in [0, 0.05) is 38.8 Å². The summed E-state index contributed by atoms with van der Waals surface area (Å²) in [4.78, 5) is 8.86. The molecule has 3 rings (SSSR count). The van der Waals surface area contributed by atoms with E-state index in [2.05, 4.69) is 32.4 Å². The van der Waals surface area contributed by atoms with Crippen LogP contribution in [0.5, 0.6) is 5.75 Å². The lowest BCUT2D eigenvalue weighted by Crippen LogP contribution is -2.49. The number of thiocarbonyl (C=S) groups is 1. The molecule has 3 heterocycles. The molecule has 1 saturated heterocycles. The Morgan fingerprint density at radius 1 is 1.36 bits per heavy atom. The zero-order valence-corrected chi connectivity index (χ0v) is 13.8. The van der Waals surface area contributed by atoms with Gasteiger partial charge >= 0.3 is 0 Å². The fourth-order valence-electron chi connectivity index (χ4n) is 2.61. The highest BCUT2D eigenvalue weighted by molar-refractivity contribution is 7.80. The largest absolute Gasteiger partial charge is 0.491 e. The normalized spacial score (nSPS) is 20.5. The van der Waals surface area contributed by atoms with E-state index in [4.69, 9.17) is 17.0 Å². The maximum Gasteiger partial charge on any atom is 0.189 e. The Morgan fingerprint density at radius 3 is 2.91 bits per heavy atom. The van der Waals surface area contributed by atoms with Gasteiger partial charge in [-0.05, 0) is 37.8 Å². The number of nitrogens with one attached hydrogen (secondary N) is 1. The monoisotopic (exact) mass is 319 g/mol. The number of hydrazone groups is 1. The van der Waals surface area contributed by atoms with E-state index in [1.54, 1.807) is 6.20 Å². The predicted molar refractivity (Wildman–Crippen MR) is 90.4 cm³/mol. The lowest BCUT2D eigenvalue weighted by molar-refractivity contribution is 0.214. The molecule has 0 aromatic carbocycles. The molecule has 0 aliphatic carbocycles. The number of likely N-dealkylation sites (N-methyl/N-ethyl adjacent to an activating group) is 1. The highest BCUT2D eigenvalue weighted by atomic mass is 32.1. The Bertz CT molecular complexity index is 596. The van der Waals surface area contributed by atoms with Crippen LogP contribution in [-0.2, 0) is 0 Å². The first-order valence-electron chi connectivity index (χ1n) is 7.54. The summed E-state index contributed by atoms with van der Waals surface area (Å²) in [5.41, 5.74) is 5.83. The van der Waals surface area contributed by atoms with Crippen LogP contribution in [-0.4, -0.2) is 65.4 Å². The summed E-state index contributed by atoms with van der Waals surface area (Å²) in [6.07, 6.45) is 2.53. The second-order valence-corrected chi connectivity index (χ2v) is 6.06. The van der Waals surface area contributed by atoms with Crippen molar-refractivity contribution in [1.29, 1.82) is 0 Å². The molecule has 1 N–H and O–H groups in total. The van der Waals surface area contributed by atoms with Crippen LogP contribution in [0.25, 0.3) is 0 Å². The fraction of sp³-hybridized carbons (Fsp3) is 0.533. The molecule has 0 amide bonds. The molecular formula is C15H21N5OS. The quantitative estimate of drug-likeness (QED) is 0.616. The molecule has 0 unspecified atom stereocenters.